The average Bonchev–Trinajstić information content (AvgIpc) is 2.78. The van der Waals surface area contributed by atoms with Crippen LogP contribution in [0.1, 0.15) is 31.9 Å². The standard InChI is InChI=1S/C12H19N3O4/c1-4-7(2)10(11(16)17)15-12(18)14-6-9-13-5-8(3)19-9/h5,7,10H,4,6H2,1-3H3,(H,16,17)(H2,14,15,18). The van der Waals surface area contributed by atoms with Crippen molar-refractivity contribution in [2.75, 3.05) is 0 Å². The lowest BCUT2D eigenvalue weighted by Gasteiger charge is -2.20. The number of rotatable bonds is 6. The number of carboxylic acid groups (broad SMARTS) is 1. The number of nitrogens with zero attached hydrogens (tertiary/aromatic N) is 1. The van der Waals surface area contributed by atoms with Gasteiger partial charge in [0.25, 0.3) is 0 Å². The highest BCUT2D eigenvalue weighted by atomic mass is 16.4. The van der Waals surface area contributed by atoms with E-state index in [2.05, 4.69) is 15.6 Å². The summed E-state index contributed by atoms with van der Waals surface area (Å²) in [5.41, 5.74) is 0. The predicted molar refractivity (Wildman–Crippen MR) is 67.5 cm³/mol. The molecule has 0 spiro atoms. The summed E-state index contributed by atoms with van der Waals surface area (Å²) in [6.07, 6.45) is 2.21. The van der Waals surface area contributed by atoms with Gasteiger partial charge in [-0.25, -0.2) is 14.6 Å². The first kappa shape index (κ1) is 15.0. The topological polar surface area (TPSA) is 104 Å². The largest absolute Gasteiger partial charge is 0.480 e. The van der Waals surface area contributed by atoms with E-state index in [0.717, 1.165) is 0 Å². The summed E-state index contributed by atoms with van der Waals surface area (Å²) in [6, 6.07) is -1.46. The van der Waals surface area contributed by atoms with E-state index in [1.807, 2.05) is 6.92 Å². The van der Waals surface area contributed by atoms with Gasteiger partial charge in [-0.05, 0) is 12.8 Å². The van der Waals surface area contributed by atoms with Crippen LogP contribution >= 0.6 is 0 Å². The highest BCUT2D eigenvalue weighted by Crippen LogP contribution is 2.07. The first-order valence-electron chi connectivity index (χ1n) is 6.12. The Morgan fingerprint density at radius 1 is 1.53 bits per heavy atom. The van der Waals surface area contributed by atoms with E-state index in [4.69, 9.17) is 9.52 Å². The minimum absolute atomic E-state index is 0.118. The molecular weight excluding hydrogens is 250 g/mol. The maximum Gasteiger partial charge on any atom is 0.326 e. The first-order chi connectivity index (χ1) is 8.93. The Morgan fingerprint density at radius 3 is 2.68 bits per heavy atom. The monoisotopic (exact) mass is 269 g/mol. The van der Waals surface area contributed by atoms with Gasteiger partial charge in [-0.2, -0.15) is 0 Å². The Balaban J connectivity index is 2.46. The van der Waals surface area contributed by atoms with Crippen molar-refractivity contribution < 1.29 is 19.1 Å². The zero-order chi connectivity index (χ0) is 14.4. The number of amides is 2. The summed E-state index contributed by atoms with van der Waals surface area (Å²) in [5.74, 6) is -0.160. The van der Waals surface area contributed by atoms with Gasteiger partial charge in [0, 0.05) is 0 Å². The lowest BCUT2D eigenvalue weighted by molar-refractivity contribution is -0.140. The highest BCUT2D eigenvalue weighted by molar-refractivity contribution is 5.82. The zero-order valence-corrected chi connectivity index (χ0v) is 11.3. The molecule has 2 unspecified atom stereocenters. The minimum atomic E-state index is -1.04. The van der Waals surface area contributed by atoms with Gasteiger partial charge in [0.1, 0.15) is 11.8 Å². The molecule has 0 aromatic carbocycles. The average molecular weight is 269 g/mol. The smallest absolute Gasteiger partial charge is 0.326 e. The van der Waals surface area contributed by atoms with Crippen LogP contribution in [0.15, 0.2) is 10.6 Å². The van der Waals surface area contributed by atoms with Crippen molar-refractivity contribution in [1.29, 1.82) is 0 Å². The molecule has 3 N–H and O–H groups in total. The van der Waals surface area contributed by atoms with E-state index in [0.29, 0.717) is 18.1 Å². The number of aromatic nitrogens is 1. The molecular formula is C12H19N3O4. The molecule has 2 atom stereocenters. The second-order valence-corrected chi connectivity index (χ2v) is 4.39. The Morgan fingerprint density at radius 2 is 2.21 bits per heavy atom. The van der Waals surface area contributed by atoms with Crippen LogP contribution in [0.25, 0.3) is 0 Å². The fraction of sp³-hybridized carbons (Fsp3) is 0.583. The van der Waals surface area contributed by atoms with Gasteiger partial charge in [0.2, 0.25) is 5.89 Å². The van der Waals surface area contributed by atoms with Crippen LogP contribution in [-0.4, -0.2) is 28.1 Å². The quantitative estimate of drug-likeness (QED) is 0.721. The van der Waals surface area contributed by atoms with Crippen molar-refractivity contribution in [1.82, 2.24) is 15.6 Å². The lowest BCUT2D eigenvalue weighted by atomic mass is 9.99. The summed E-state index contributed by atoms with van der Waals surface area (Å²) < 4.78 is 5.19. The fourth-order valence-electron chi connectivity index (χ4n) is 1.51. The molecule has 19 heavy (non-hydrogen) atoms. The number of carbonyl (C=O) groups excluding carboxylic acids is 1. The molecule has 1 aromatic rings. The second kappa shape index (κ2) is 6.77. The van der Waals surface area contributed by atoms with Crippen molar-refractivity contribution >= 4 is 12.0 Å². The Hall–Kier alpha value is -2.05. The maximum absolute atomic E-state index is 11.6. The van der Waals surface area contributed by atoms with Gasteiger partial charge in [-0.15, -0.1) is 0 Å². The molecule has 0 aliphatic carbocycles. The van der Waals surface area contributed by atoms with Crippen molar-refractivity contribution in [3.8, 4) is 0 Å². The van der Waals surface area contributed by atoms with Crippen LogP contribution in [-0.2, 0) is 11.3 Å². The Kier molecular flexibility index (Phi) is 5.35. The minimum Gasteiger partial charge on any atom is -0.480 e. The predicted octanol–water partition coefficient (Wildman–Crippen LogP) is 1.28. The molecule has 0 bridgehead atoms. The number of hydrogen-bond acceptors (Lipinski definition) is 4. The van der Waals surface area contributed by atoms with Crippen LogP contribution in [0, 0.1) is 12.8 Å². The summed E-state index contributed by atoms with van der Waals surface area (Å²) in [4.78, 5) is 26.6. The van der Waals surface area contributed by atoms with E-state index in [-0.39, 0.29) is 12.5 Å². The van der Waals surface area contributed by atoms with E-state index in [1.54, 1.807) is 20.0 Å². The summed E-state index contributed by atoms with van der Waals surface area (Å²) in [5, 5.41) is 14.0. The molecule has 0 aliphatic rings. The molecule has 0 fully saturated rings. The van der Waals surface area contributed by atoms with Gasteiger partial charge in [-0.3, -0.25) is 0 Å². The Bertz CT molecular complexity index is 444. The van der Waals surface area contributed by atoms with Crippen molar-refractivity contribution in [2.45, 2.75) is 39.8 Å². The molecule has 0 radical (unpaired) electrons. The zero-order valence-electron chi connectivity index (χ0n) is 11.3. The third-order valence-electron chi connectivity index (χ3n) is 2.83. The molecule has 0 saturated carbocycles. The first-order valence-corrected chi connectivity index (χ1v) is 6.12. The molecule has 0 saturated heterocycles. The molecule has 106 valence electrons. The summed E-state index contributed by atoms with van der Waals surface area (Å²) >= 11 is 0. The molecule has 0 aliphatic heterocycles. The van der Waals surface area contributed by atoms with Crippen molar-refractivity contribution in [2.24, 2.45) is 5.92 Å². The molecule has 7 nitrogen and oxygen atoms in total. The SMILES string of the molecule is CCC(C)C(NC(=O)NCc1ncc(C)o1)C(=O)O. The van der Waals surface area contributed by atoms with Crippen LogP contribution in [0.2, 0.25) is 0 Å². The van der Waals surface area contributed by atoms with Gasteiger partial charge < -0.3 is 20.2 Å². The van der Waals surface area contributed by atoms with Gasteiger partial charge in [0.05, 0.1) is 12.7 Å². The Labute approximate surface area is 111 Å². The number of nitrogens with one attached hydrogen (secondary N) is 2. The molecule has 1 rings (SSSR count). The molecule has 1 heterocycles. The normalized spacial score (nSPS) is 13.6. The molecule has 2 amide bonds. The van der Waals surface area contributed by atoms with Crippen molar-refractivity contribution in [3.05, 3.63) is 17.8 Å². The van der Waals surface area contributed by atoms with E-state index >= 15 is 0 Å². The van der Waals surface area contributed by atoms with Crippen LogP contribution in [0.5, 0.6) is 0 Å². The third-order valence-corrected chi connectivity index (χ3v) is 2.83. The third kappa shape index (κ3) is 4.61. The fourth-order valence-corrected chi connectivity index (χ4v) is 1.51. The second-order valence-electron chi connectivity index (χ2n) is 4.39. The number of hydrogen-bond donors (Lipinski definition) is 3. The lowest BCUT2D eigenvalue weighted by Crippen LogP contribution is -2.48. The highest BCUT2D eigenvalue weighted by Gasteiger charge is 2.25. The number of urea groups is 1. The van der Waals surface area contributed by atoms with Gasteiger partial charge >= 0.3 is 12.0 Å². The number of oxazole rings is 1. The van der Waals surface area contributed by atoms with Crippen LogP contribution in [0.3, 0.4) is 0 Å². The van der Waals surface area contributed by atoms with E-state index in [9.17, 15) is 9.59 Å². The van der Waals surface area contributed by atoms with E-state index < -0.39 is 18.0 Å². The number of carboxylic acids is 1. The van der Waals surface area contributed by atoms with Gasteiger partial charge in [0.15, 0.2) is 0 Å². The van der Waals surface area contributed by atoms with Crippen molar-refractivity contribution in [3.63, 3.8) is 0 Å². The molecule has 1 aromatic heterocycles. The van der Waals surface area contributed by atoms with Crippen LogP contribution < -0.4 is 10.6 Å². The number of carbonyl (C=O) groups is 2. The maximum atomic E-state index is 11.6. The molecule has 7 heteroatoms. The van der Waals surface area contributed by atoms with E-state index in [1.165, 1.54) is 0 Å². The number of aryl methyl sites for hydroxylation is 1. The number of aliphatic carboxylic acids is 1. The van der Waals surface area contributed by atoms with Gasteiger partial charge in [-0.1, -0.05) is 20.3 Å². The van der Waals surface area contributed by atoms with Crippen LogP contribution in [0.4, 0.5) is 4.79 Å². The summed E-state index contributed by atoms with van der Waals surface area (Å²) in [7, 11) is 0. The summed E-state index contributed by atoms with van der Waals surface area (Å²) in [6.45, 7) is 5.51.